The van der Waals surface area contributed by atoms with Gasteiger partial charge >= 0.3 is 0 Å². The number of nitrogens with zero attached hydrogens (tertiary/aromatic N) is 1. The topological polar surface area (TPSA) is 52.6 Å². The van der Waals surface area contributed by atoms with Crippen molar-refractivity contribution in [2.24, 2.45) is 0 Å². The first kappa shape index (κ1) is 8.49. The van der Waals surface area contributed by atoms with Gasteiger partial charge in [-0.1, -0.05) is 0 Å². The minimum absolute atomic E-state index is 0.0898. The number of amides is 1. The Morgan fingerprint density at radius 2 is 2.27 bits per heavy atom. The van der Waals surface area contributed by atoms with Crippen molar-refractivity contribution in [1.29, 1.82) is 0 Å². The fourth-order valence-electron chi connectivity index (χ4n) is 1.36. The zero-order chi connectivity index (χ0) is 8.48. The molecule has 0 aliphatic carbocycles. The molecule has 2 N–H and O–H groups in total. The van der Waals surface area contributed by atoms with E-state index in [2.05, 4.69) is 5.32 Å². The summed E-state index contributed by atoms with van der Waals surface area (Å²) in [7, 11) is 1.93. The van der Waals surface area contributed by atoms with Crippen LogP contribution in [0, 0.1) is 0 Å². The van der Waals surface area contributed by atoms with E-state index in [1.165, 1.54) is 6.92 Å². The zero-order valence-corrected chi connectivity index (χ0v) is 6.92. The van der Waals surface area contributed by atoms with Crippen molar-refractivity contribution in [3.8, 4) is 0 Å². The number of carbonyl (C=O) groups is 1. The van der Waals surface area contributed by atoms with Crippen molar-refractivity contribution in [3.05, 3.63) is 0 Å². The average Bonchev–Trinajstić information content (AvgIpc) is 1.81. The van der Waals surface area contributed by atoms with Gasteiger partial charge in [-0.3, -0.25) is 4.79 Å². The van der Waals surface area contributed by atoms with Gasteiger partial charge in [0.25, 0.3) is 0 Å². The van der Waals surface area contributed by atoms with E-state index >= 15 is 0 Å². The first-order valence-electron chi connectivity index (χ1n) is 3.67. The van der Waals surface area contributed by atoms with Gasteiger partial charge in [0.15, 0.2) is 0 Å². The summed E-state index contributed by atoms with van der Waals surface area (Å²) in [5.41, 5.74) is -0.680. The maximum Gasteiger partial charge on any atom is 0.216 e. The molecule has 1 amide bonds. The van der Waals surface area contributed by atoms with Crippen LogP contribution in [0.5, 0.6) is 0 Å². The second kappa shape index (κ2) is 2.79. The van der Waals surface area contributed by atoms with E-state index < -0.39 is 5.60 Å². The highest BCUT2D eigenvalue weighted by atomic mass is 16.3. The third-order valence-corrected chi connectivity index (χ3v) is 1.79. The highest BCUT2D eigenvalue weighted by molar-refractivity contribution is 5.72. The van der Waals surface area contributed by atoms with Crippen molar-refractivity contribution in [2.45, 2.75) is 12.5 Å². The minimum atomic E-state index is -0.680. The molecular formula is C7H14N2O2. The molecule has 0 spiro atoms. The molecular weight excluding hydrogens is 144 g/mol. The standard InChI is InChI=1S/C7H14N2O2/c1-6(10)8-3-7(11)4-9(2)5-7/h11H,3-5H2,1-2H3,(H,8,10). The van der Waals surface area contributed by atoms with Gasteiger partial charge in [0.1, 0.15) is 5.60 Å². The Morgan fingerprint density at radius 1 is 1.73 bits per heavy atom. The van der Waals surface area contributed by atoms with E-state index in [1.54, 1.807) is 0 Å². The number of nitrogens with one attached hydrogen (secondary N) is 1. The lowest BCUT2D eigenvalue weighted by Crippen LogP contribution is -2.64. The van der Waals surface area contributed by atoms with Gasteiger partial charge in [0.05, 0.1) is 0 Å². The summed E-state index contributed by atoms with van der Waals surface area (Å²) in [5.74, 6) is -0.0898. The van der Waals surface area contributed by atoms with Crippen LogP contribution in [0.1, 0.15) is 6.92 Å². The van der Waals surface area contributed by atoms with Gasteiger partial charge in [-0.05, 0) is 7.05 Å². The van der Waals surface area contributed by atoms with Gasteiger partial charge in [-0.2, -0.15) is 0 Å². The second-order valence-corrected chi connectivity index (χ2v) is 3.31. The monoisotopic (exact) mass is 158 g/mol. The quantitative estimate of drug-likeness (QED) is 0.530. The van der Waals surface area contributed by atoms with Gasteiger partial charge in [0.2, 0.25) is 5.91 Å². The Bertz CT molecular complexity index is 164. The smallest absolute Gasteiger partial charge is 0.216 e. The lowest BCUT2D eigenvalue weighted by atomic mass is 9.95. The summed E-state index contributed by atoms with van der Waals surface area (Å²) in [6, 6.07) is 0. The molecule has 0 aromatic heterocycles. The molecule has 64 valence electrons. The van der Waals surface area contributed by atoms with Crippen molar-refractivity contribution >= 4 is 5.91 Å². The molecule has 1 aliphatic heterocycles. The summed E-state index contributed by atoms with van der Waals surface area (Å²) < 4.78 is 0. The molecule has 0 atom stereocenters. The Kier molecular flexibility index (Phi) is 2.15. The lowest BCUT2D eigenvalue weighted by Gasteiger charge is -2.44. The zero-order valence-electron chi connectivity index (χ0n) is 6.92. The predicted octanol–water partition coefficient (Wildman–Crippen LogP) is -1.20. The number of carbonyl (C=O) groups excluding carboxylic acids is 1. The van der Waals surface area contributed by atoms with Gasteiger partial charge < -0.3 is 15.3 Å². The molecule has 1 rings (SSSR count). The Morgan fingerprint density at radius 3 is 2.64 bits per heavy atom. The van der Waals surface area contributed by atoms with Crippen LogP contribution in [0.4, 0.5) is 0 Å². The van der Waals surface area contributed by atoms with E-state index in [0.717, 1.165) is 0 Å². The van der Waals surface area contributed by atoms with Crippen LogP contribution in [0.2, 0.25) is 0 Å². The minimum Gasteiger partial charge on any atom is -0.385 e. The number of hydrogen-bond acceptors (Lipinski definition) is 3. The third-order valence-electron chi connectivity index (χ3n) is 1.79. The van der Waals surface area contributed by atoms with E-state index in [4.69, 9.17) is 0 Å². The summed E-state index contributed by atoms with van der Waals surface area (Å²) in [6.07, 6.45) is 0. The summed E-state index contributed by atoms with van der Waals surface area (Å²) in [6.45, 7) is 3.11. The van der Waals surface area contributed by atoms with E-state index in [1.807, 2.05) is 11.9 Å². The average molecular weight is 158 g/mol. The molecule has 0 aromatic carbocycles. The molecule has 11 heavy (non-hydrogen) atoms. The lowest BCUT2D eigenvalue weighted by molar-refractivity contribution is -0.123. The first-order valence-corrected chi connectivity index (χ1v) is 3.67. The van der Waals surface area contributed by atoms with Crippen LogP contribution in [0.3, 0.4) is 0 Å². The largest absolute Gasteiger partial charge is 0.385 e. The van der Waals surface area contributed by atoms with Crippen LogP contribution in [0.25, 0.3) is 0 Å². The molecule has 1 saturated heterocycles. The van der Waals surface area contributed by atoms with Gasteiger partial charge in [-0.25, -0.2) is 0 Å². The van der Waals surface area contributed by atoms with Crippen molar-refractivity contribution < 1.29 is 9.90 Å². The molecule has 1 aliphatic rings. The number of likely N-dealkylation sites (N-methyl/N-ethyl adjacent to an activating group) is 1. The highest BCUT2D eigenvalue weighted by Crippen LogP contribution is 2.16. The van der Waals surface area contributed by atoms with E-state index in [0.29, 0.717) is 19.6 Å². The molecule has 1 heterocycles. The molecule has 4 nitrogen and oxygen atoms in total. The van der Waals surface area contributed by atoms with E-state index in [-0.39, 0.29) is 5.91 Å². The number of hydrogen-bond donors (Lipinski definition) is 2. The summed E-state index contributed by atoms with van der Waals surface area (Å²) in [5, 5.41) is 12.2. The normalized spacial score (nSPS) is 22.5. The Balaban J connectivity index is 2.21. The SMILES string of the molecule is CC(=O)NCC1(O)CN(C)C1. The first-order chi connectivity index (χ1) is 5.02. The fraction of sp³-hybridized carbons (Fsp3) is 0.857. The Hall–Kier alpha value is -0.610. The number of β-amino-alcohol motifs (C(OH)–C–C–N with tert-alkyl or cyclic N) is 1. The Labute approximate surface area is 66.2 Å². The van der Waals surface area contributed by atoms with Crippen LogP contribution in [-0.4, -0.2) is 48.2 Å². The maximum absolute atomic E-state index is 10.5. The van der Waals surface area contributed by atoms with Crippen LogP contribution < -0.4 is 5.32 Å². The van der Waals surface area contributed by atoms with Gasteiger partial charge in [0, 0.05) is 26.6 Å². The van der Waals surface area contributed by atoms with Gasteiger partial charge in [-0.15, -0.1) is 0 Å². The molecule has 0 saturated carbocycles. The number of likely N-dealkylation sites (tertiary alicyclic amines) is 1. The molecule has 4 heteroatoms. The molecule has 0 radical (unpaired) electrons. The second-order valence-electron chi connectivity index (χ2n) is 3.31. The number of aliphatic hydroxyl groups is 1. The van der Waals surface area contributed by atoms with Crippen molar-refractivity contribution in [2.75, 3.05) is 26.7 Å². The predicted molar refractivity (Wildman–Crippen MR) is 41.1 cm³/mol. The van der Waals surface area contributed by atoms with Crippen LogP contribution >= 0.6 is 0 Å². The maximum atomic E-state index is 10.5. The van der Waals surface area contributed by atoms with Crippen molar-refractivity contribution in [3.63, 3.8) is 0 Å². The summed E-state index contributed by atoms with van der Waals surface area (Å²) in [4.78, 5) is 12.5. The summed E-state index contributed by atoms with van der Waals surface area (Å²) >= 11 is 0. The highest BCUT2D eigenvalue weighted by Gasteiger charge is 2.38. The molecule has 0 aromatic rings. The fourth-order valence-corrected chi connectivity index (χ4v) is 1.36. The van der Waals surface area contributed by atoms with E-state index in [9.17, 15) is 9.90 Å². The molecule has 0 unspecified atom stereocenters. The van der Waals surface area contributed by atoms with Crippen LogP contribution in [-0.2, 0) is 4.79 Å². The number of rotatable bonds is 2. The molecule has 0 bridgehead atoms. The van der Waals surface area contributed by atoms with Crippen LogP contribution in [0.15, 0.2) is 0 Å². The van der Waals surface area contributed by atoms with Crippen molar-refractivity contribution in [1.82, 2.24) is 10.2 Å². The third kappa shape index (κ3) is 2.17. The molecule has 1 fully saturated rings.